The number of nitrogens with two attached hydrogens (primary N) is 1. The average molecular weight is 236 g/mol. The van der Waals surface area contributed by atoms with Crippen LogP contribution in [0.4, 0.5) is 13.2 Å². The number of hydrogen-bond acceptors (Lipinski definition) is 1. The Bertz CT molecular complexity index is 385. The van der Waals surface area contributed by atoms with Crippen molar-refractivity contribution in [3.8, 4) is 0 Å². The zero-order valence-corrected chi connectivity index (χ0v) is 8.49. The van der Waals surface area contributed by atoms with E-state index in [0.717, 1.165) is 6.07 Å². The second-order valence-corrected chi connectivity index (χ2v) is 3.43. The van der Waals surface area contributed by atoms with Gasteiger partial charge >= 0.3 is 6.18 Å². The molecule has 0 fully saturated rings. The molecule has 82 valence electrons. The van der Waals surface area contributed by atoms with Gasteiger partial charge in [0.15, 0.2) is 0 Å². The lowest BCUT2D eigenvalue weighted by molar-refractivity contribution is -0.137. The van der Waals surface area contributed by atoms with Crippen molar-refractivity contribution in [3.05, 3.63) is 40.9 Å². The summed E-state index contributed by atoms with van der Waals surface area (Å²) in [7, 11) is 0. The molecule has 1 rings (SSSR count). The van der Waals surface area contributed by atoms with Crippen LogP contribution in [0.5, 0.6) is 0 Å². The fourth-order valence-electron chi connectivity index (χ4n) is 1.17. The normalized spacial score (nSPS) is 11.5. The molecule has 1 aromatic carbocycles. The molecule has 0 aliphatic rings. The molecule has 5 heteroatoms. The van der Waals surface area contributed by atoms with Crippen molar-refractivity contribution in [1.29, 1.82) is 0 Å². The highest BCUT2D eigenvalue weighted by molar-refractivity contribution is 6.30. The van der Waals surface area contributed by atoms with Gasteiger partial charge in [-0.05, 0) is 23.3 Å². The molecule has 0 amide bonds. The predicted octanol–water partition coefficient (Wildman–Crippen LogP) is 3.33. The van der Waals surface area contributed by atoms with Crippen molar-refractivity contribution in [2.24, 2.45) is 5.73 Å². The van der Waals surface area contributed by atoms with Crippen LogP contribution in [0.15, 0.2) is 24.8 Å². The third kappa shape index (κ3) is 2.73. The van der Waals surface area contributed by atoms with Crippen molar-refractivity contribution in [1.82, 2.24) is 0 Å². The van der Waals surface area contributed by atoms with Crippen molar-refractivity contribution in [2.75, 3.05) is 6.54 Å². The maximum Gasteiger partial charge on any atom is 0.417 e. The van der Waals surface area contributed by atoms with Crippen molar-refractivity contribution < 1.29 is 13.2 Å². The SMILES string of the molecule is C=C(CN)c1ccc(Cl)cc1C(F)(F)F. The zero-order chi connectivity index (χ0) is 11.6. The van der Waals surface area contributed by atoms with Crippen LogP contribution in [0, 0.1) is 0 Å². The minimum atomic E-state index is -4.45. The number of benzene rings is 1. The summed E-state index contributed by atoms with van der Waals surface area (Å²) in [6.45, 7) is 3.46. The molecule has 0 aromatic heterocycles. The first-order valence-corrected chi connectivity index (χ1v) is 4.49. The summed E-state index contributed by atoms with van der Waals surface area (Å²) >= 11 is 5.51. The monoisotopic (exact) mass is 235 g/mol. The lowest BCUT2D eigenvalue weighted by Gasteiger charge is -2.13. The summed E-state index contributed by atoms with van der Waals surface area (Å²) in [4.78, 5) is 0. The Morgan fingerprint density at radius 2 is 2.00 bits per heavy atom. The molecule has 0 saturated heterocycles. The van der Waals surface area contributed by atoms with Gasteiger partial charge in [-0.2, -0.15) is 13.2 Å². The maximum absolute atomic E-state index is 12.6. The Hall–Kier alpha value is -1.00. The van der Waals surface area contributed by atoms with Crippen LogP contribution in [-0.2, 0) is 6.18 Å². The van der Waals surface area contributed by atoms with E-state index in [1.165, 1.54) is 12.1 Å². The van der Waals surface area contributed by atoms with Crippen molar-refractivity contribution in [2.45, 2.75) is 6.18 Å². The van der Waals surface area contributed by atoms with Crippen LogP contribution in [0.3, 0.4) is 0 Å². The standard InChI is InChI=1S/C10H9ClF3N/c1-6(5-15)8-3-2-7(11)4-9(8)10(12,13)14/h2-4H,1,5,15H2. The van der Waals surface area contributed by atoms with Crippen LogP contribution in [0.1, 0.15) is 11.1 Å². The van der Waals surface area contributed by atoms with Crippen molar-refractivity contribution >= 4 is 17.2 Å². The Morgan fingerprint density at radius 3 is 2.47 bits per heavy atom. The largest absolute Gasteiger partial charge is 0.417 e. The van der Waals surface area contributed by atoms with Gasteiger partial charge < -0.3 is 5.73 Å². The summed E-state index contributed by atoms with van der Waals surface area (Å²) in [5.74, 6) is 0. The molecular weight excluding hydrogens is 227 g/mol. The van der Waals surface area contributed by atoms with Gasteiger partial charge in [0.25, 0.3) is 0 Å². The number of alkyl halides is 3. The highest BCUT2D eigenvalue weighted by Gasteiger charge is 2.33. The van der Waals surface area contributed by atoms with E-state index >= 15 is 0 Å². The quantitative estimate of drug-likeness (QED) is 0.836. The van der Waals surface area contributed by atoms with Crippen LogP contribution < -0.4 is 5.73 Å². The summed E-state index contributed by atoms with van der Waals surface area (Å²) in [5, 5.41) is 0.0379. The van der Waals surface area contributed by atoms with Gasteiger partial charge in [0, 0.05) is 11.6 Å². The van der Waals surface area contributed by atoms with Crippen LogP contribution in [0.25, 0.3) is 5.57 Å². The van der Waals surface area contributed by atoms with Crippen LogP contribution in [0.2, 0.25) is 5.02 Å². The molecule has 0 spiro atoms. The van der Waals surface area contributed by atoms with Gasteiger partial charge in [-0.1, -0.05) is 24.2 Å². The van der Waals surface area contributed by atoms with E-state index < -0.39 is 11.7 Å². The van der Waals surface area contributed by atoms with Gasteiger partial charge in [-0.25, -0.2) is 0 Å². The molecule has 0 atom stereocenters. The molecule has 1 nitrogen and oxygen atoms in total. The average Bonchev–Trinajstić information content (AvgIpc) is 2.15. The summed E-state index contributed by atoms with van der Waals surface area (Å²) < 4.78 is 37.8. The Morgan fingerprint density at radius 1 is 1.40 bits per heavy atom. The minimum absolute atomic E-state index is 0.00519. The number of rotatable bonds is 2. The van der Waals surface area contributed by atoms with E-state index in [9.17, 15) is 13.2 Å². The van der Waals surface area contributed by atoms with E-state index in [1.807, 2.05) is 0 Å². The maximum atomic E-state index is 12.6. The Kier molecular flexibility index (Phi) is 3.42. The summed E-state index contributed by atoms with van der Waals surface area (Å²) in [6.07, 6.45) is -4.45. The minimum Gasteiger partial charge on any atom is -0.326 e. The lowest BCUT2D eigenvalue weighted by Crippen LogP contribution is -2.11. The van der Waals surface area contributed by atoms with E-state index in [0.29, 0.717) is 0 Å². The molecule has 0 bridgehead atoms. The molecule has 0 aliphatic carbocycles. The molecular formula is C10H9ClF3N. The molecule has 0 radical (unpaired) electrons. The third-order valence-electron chi connectivity index (χ3n) is 1.91. The fraction of sp³-hybridized carbons (Fsp3) is 0.200. The molecule has 1 aromatic rings. The van der Waals surface area contributed by atoms with Crippen molar-refractivity contribution in [3.63, 3.8) is 0 Å². The molecule has 0 heterocycles. The smallest absolute Gasteiger partial charge is 0.326 e. The van der Waals surface area contributed by atoms with E-state index in [2.05, 4.69) is 6.58 Å². The highest BCUT2D eigenvalue weighted by Crippen LogP contribution is 2.35. The first-order valence-electron chi connectivity index (χ1n) is 4.11. The molecule has 0 saturated carbocycles. The van der Waals surface area contributed by atoms with Crippen LogP contribution >= 0.6 is 11.6 Å². The van der Waals surface area contributed by atoms with Gasteiger partial charge in [-0.3, -0.25) is 0 Å². The summed E-state index contributed by atoms with van der Waals surface area (Å²) in [6, 6.07) is 3.53. The number of halogens is 4. The van der Waals surface area contributed by atoms with Gasteiger partial charge in [-0.15, -0.1) is 0 Å². The van der Waals surface area contributed by atoms with E-state index in [-0.39, 0.29) is 22.7 Å². The van der Waals surface area contributed by atoms with Gasteiger partial charge in [0.2, 0.25) is 0 Å². The first-order chi connectivity index (χ1) is 6.86. The van der Waals surface area contributed by atoms with Crippen LogP contribution in [-0.4, -0.2) is 6.54 Å². The van der Waals surface area contributed by atoms with E-state index in [1.54, 1.807) is 0 Å². The predicted molar refractivity (Wildman–Crippen MR) is 54.5 cm³/mol. The zero-order valence-electron chi connectivity index (χ0n) is 7.74. The molecule has 2 N–H and O–H groups in total. The van der Waals surface area contributed by atoms with Gasteiger partial charge in [0.05, 0.1) is 5.56 Å². The molecule has 15 heavy (non-hydrogen) atoms. The second kappa shape index (κ2) is 4.24. The Balaban J connectivity index is 3.33. The third-order valence-corrected chi connectivity index (χ3v) is 2.15. The molecule has 0 aliphatic heterocycles. The molecule has 0 unspecified atom stereocenters. The topological polar surface area (TPSA) is 26.0 Å². The summed E-state index contributed by atoms with van der Waals surface area (Å²) in [5.41, 5.74) is 4.68. The second-order valence-electron chi connectivity index (χ2n) is 3.00. The lowest BCUT2D eigenvalue weighted by atomic mass is 10.0. The Labute approximate surface area is 90.3 Å². The fourth-order valence-corrected chi connectivity index (χ4v) is 1.34. The van der Waals surface area contributed by atoms with E-state index in [4.69, 9.17) is 17.3 Å². The highest BCUT2D eigenvalue weighted by atomic mass is 35.5. The van der Waals surface area contributed by atoms with Gasteiger partial charge in [0.1, 0.15) is 0 Å². The first kappa shape index (κ1) is 12.1. The number of hydrogen-bond donors (Lipinski definition) is 1.